The number of rotatable bonds is 4. The van der Waals surface area contributed by atoms with Gasteiger partial charge in [-0.05, 0) is 43.3 Å². The molecule has 2 aromatic heterocycles. The van der Waals surface area contributed by atoms with E-state index in [1.54, 1.807) is 28.9 Å². The Bertz CT molecular complexity index is 1120. The van der Waals surface area contributed by atoms with Gasteiger partial charge in [0.15, 0.2) is 10.9 Å². The molecule has 4 amide bonds. The van der Waals surface area contributed by atoms with Gasteiger partial charge in [0.1, 0.15) is 10.7 Å². The van der Waals surface area contributed by atoms with E-state index in [0.29, 0.717) is 42.4 Å². The number of aryl methyl sites for hydroxylation is 1. The van der Waals surface area contributed by atoms with Crippen molar-refractivity contribution >= 4 is 40.0 Å². The summed E-state index contributed by atoms with van der Waals surface area (Å²) >= 11 is 1.08. The van der Waals surface area contributed by atoms with E-state index in [-0.39, 0.29) is 22.7 Å². The highest BCUT2D eigenvalue weighted by Gasteiger charge is 2.28. The van der Waals surface area contributed by atoms with Gasteiger partial charge in [-0.15, -0.1) is 0 Å². The normalized spacial score (nSPS) is 13.7. The third kappa shape index (κ3) is 4.78. The molecule has 0 unspecified atom stereocenters. The Labute approximate surface area is 186 Å². The lowest BCUT2D eigenvalue weighted by Crippen LogP contribution is -2.50. The molecule has 11 heteroatoms. The first kappa shape index (κ1) is 21.5. The molecule has 3 aromatic rings. The summed E-state index contributed by atoms with van der Waals surface area (Å²) in [6, 6.07) is 8.07. The molecule has 32 heavy (non-hydrogen) atoms. The maximum Gasteiger partial charge on any atom is 0.325 e. The zero-order valence-electron chi connectivity index (χ0n) is 17.1. The maximum absolute atomic E-state index is 13.0. The van der Waals surface area contributed by atoms with Crippen molar-refractivity contribution in [2.24, 2.45) is 0 Å². The molecule has 0 bridgehead atoms. The SMILES string of the molecule is Cc1nc(NC(=O)Nc2ccc(F)cc2)sc1C(=O)N1CCN(C(=O)c2ccco2)CC1. The number of nitrogens with one attached hydrogen (secondary N) is 2. The van der Waals surface area contributed by atoms with E-state index < -0.39 is 11.8 Å². The molecule has 0 saturated carbocycles. The Hall–Kier alpha value is -3.73. The lowest BCUT2D eigenvalue weighted by molar-refractivity contribution is 0.0520. The molecule has 2 N–H and O–H groups in total. The van der Waals surface area contributed by atoms with Gasteiger partial charge in [0.25, 0.3) is 11.8 Å². The quantitative estimate of drug-likeness (QED) is 0.624. The van der Waals surface area contributed by atoms with Crippen LogP contribution < -0.4 is 10.6 Å². The Balaban J connectivity index is 1.34. The first-order chi connectivity index (χ1) is 15.4. The van der Waals surface area contributed by atoms with Crippen LogP contribution >= 0.6 is 11.3 Å². The lowest BCUT2D eigenvalue weighted by Gasteiger charge is -2.34. The molecule has 1 saturated heterocycles. The highest BCUT2D eigenvalue weighted by molar-refractivity contribution is 7.17. The Morgan fingerprint density at radius 2 is 1.66 bits per heavy atom. The predicted octanol–water partition coefficient (Wildman–Crippen LogP) is 3.43. The van der Waals surface area contributed by atoms with Gasteiger partial charge < -0.3 is 19.5 Å². The maximum atomic E-state index is 13.0. The van der Waals surface area contributed by atoms with Gasteiger partial charge in [-0.1, -0.05) is 11.3 Å². The van der Waals surface area contributed by atoms with Crippen LogP contribution in [0.25, 0.3) is 0 Å². The average Bonchev–Trinajstić information content (AvgIpc) is 3.44. The van der Waals surface area contributed by atoms with Crippen LogP contribution in [0, 0.1) is 12.7 Å². The molecule has 1 aromatic carbocycles. The molecular weight excluding hydrogens is 437 g/mol. The summed E-state index contributed by atoms with van der Waals surface area (Å²) < 4.78 is 18.1. The standard InChI is InChI=1S/C21H20FN5O4S/c1-13-17(32-21(23-13)25-20(30)24-15-6-4-14(22)5-7-15)19(29)27-10-8-26(9-11-27)18(28)16-3-2-12-31-16/h2-7,12H,8-11H2,1H3,(H2,23,24,25,30). The number of carbonyl (C=O) groups is 3. The van der Waals surface area contributed by atoms with E-state index in [4.69, 9.17) is 4.42 Å². The van der Waals surface area contributed by atoms with Crippen LogP contribution in [0.3, 0.4) is 0 Å². The number of carbonyl (C=O) groups excluding carboxylic acids is 3. The molecule has 1 fully saturated rings. The highest BCUT2D eigenvalue weighted by atomic mass is 32.1. The Morgan fingerprint density at radius 1 is 1.00 bits per heavy atom. The second kappa shape index (κ2) is 9.18. The van der Waals surface area contributed by atoms with E-state index in [2.05, 4.69) is 15.6 Å². The first-order valence-corrected chi connectivity index (χ1v) is 10.7. The van der Waals surface area contributed by atoms with Crippen molar-refractivity contribution in [1.82, 2.24) is 14.8 Å². The molecule has 166 valence electrons. The van der Waals surface area contributed by atoms with Gasteiger partial charge in [-0.2, -0.15) is 0 Å². The summed E-state index contributed by atoms with van der Waals surface area (Å²) in [4.78, 5) is 45.5. The first-order valence-electron chi connectivity index (χ1n) is 9.84. The minimum absolute atomic E-state index is 0.197. The third-order valence-electron chi connectivity index (χ3n) is 4.90. The third-order valence-corrected chi connectivity index (χ3v) is 5.96. The summed E-state index contributed by atoms with van der Waals surface area (Å²) in [5.74, 6) is -0.523. The van der Waals surface area contributed by atoms with Crippen LogP contribution in [0.2, 0.25) is 0 Å². The molecule has 3 heterocycles. The minimum Gasteiger partial charge on any atom is -0.459 e. The van der Waals surface area contributed by atoms with Crippen molar-refractivity contribution in [3.8, 4) is 0 Å². The molecule has 0 spiro atoms. The van der Waals surface area contributed by atoms with E-state index in [0.717, 1.165) is 11.3 Å². The van der Waals surface area contributed by atoms with Gasteiger partial charge in [0, 0.05) is 31.9 Å². The van der Waals surface area contributed by atoms with Crippen molar-refractivity contribution in [2.75, 3.05) is 36.8 Å². The van der Waals surface area contributed by atoms with Crippen molar-refractivity contribution < 1.29 is 23.2 Å². The van der Waals surface area contributed by atoms with Gasteiger partial charge in [0.2, 0.25) is 0 Å². The monoisotopic (exact) mass is 457 g/mol. The molecule has 9 nitrogen and oxygen atoms in total. The van der Waals surface area contributed by atoms with Gasteiger partial charge in [-0.3, -0.25) is 14.9 Å². The van der Waals surface area contributed by atoms with Gasteiger partial charge >= 0.3 is 6.03 Å². The van der Waals surface area contributed by atoms with Crippen LogP contribution in [0.1, 0.15) is 25.9 Å². The van der Waals surface area contributed by atoms with Gasteiger partial charge in [0.05, 0.1) is 12.0 Å². The zero-order valence-corrected chi connectivity index (χ0v) is 17.9. The lowest BCUT2D eigenvalue weighted by atomic mass is 10.2. The number of halogens is 1. The van der Waals surface area contributed by atoms with Crippen LogP contribution in [0.4, 0.5) is 20.0 Å². The minimum atomic E-state index is -0.547. The number of nitrogens with zero attached hydrogens (tertiary/aromatic N) is 3. The molecule has 4 rings (SSSR count). The van der Waals surface area contributed by atoms with Crippen molar-refractivity contribution in [3.05, 3.63) is 64.8 Å². The van der Waals surface area contributed by atoms with Crippen LogP contribution in [0.5, 0.6) is 0 Å². The number of thiazole rings is 1. The summed E-state index contributed by atoms with van der Waals surface area (Å²) in [5, 5.41) is 5.44. The highest BCUT2D eigenvalue weighted by Crippen LogP contribution is 2.25. The zero-order chi connectivity index (χ0) is 22.7. The number of urea groups is 1. The largest absolute Gasteiger partial charge is 0.459 e. The van der Waals surface area contributed by atoms with Crippen LogP contribution in [-0.4, -0.2) is 58.8 Å². The molecule has 1 aliphatic heterocycles. The summed E-state index contributed by atoms with van der Waals surface area (Å²) in [7, 11) is 0. The Morgan fingerprint density at radius 3 is 2.28 bits per heavy atom. The van der Waals surface area contributed by atoms with Crippen LogP contribution in [-0.2, 0) is 0 Å². The molecule has 0 atom stereocenters. The number of benzene rings is 1. The average molecular weight is 457 g/mol. The summed E-state index contributed by atoms with van der Waals surface area (Å²) in [6.45, 7) is 3.26. The van der Waals surface area contributed by atoms with Crippen molar-refractivity contribution in [1.29, 1.82) is 0 Å². The molecular formula is C21H20FN5O4S. The fourth-order valence-electron chi connectivity index (χ4n) is 3.25. The van der Waals surface area contributed by atoms with Gasteiger partial charge in [-0.25, -0.2) is 14.2 Å². The van der Waals surface area contributed by atoms with E-state index >= 15 is 0 Å². The second-order valence-electron chi connectivity index (χ2n) is 7.08. The van der Waals surface area contributed by atoms with Crippen molar-refractivity contribution in [3.63, 3.8) is 0 Å². The number of piperazine rings is 1. The number of amides is 4. The molecule has 0 radical (unpaired) electrons. The number of aromatic nitrogens is 1. The fraction of sp³-hybridized carbons (Fsp3) is 0.238. The Kier molecular flexibility index (Phi) is 6.17. The molecule has 1 aliphatic rings. The van der Waals surface area contributed by atoms with Crippen LogP contribution in [0.15, 0.2) is 47.1 Å². The van der Waals surface area contributed by atoms with Crippen molar-refractivity contribution in [2.45, 2.75) is 6.92 Å². The topological polar surface area (TPSA) is 108 Å². The number of hydrogen-bond donors (Lipinski definition) is 2. The second-order valence-corrected chi connectivity index (χ2v) is 8.08. The predicted molar refractivity (Wildman–Crippen MR) is 116 cm³/mol. The smallest absolute Gasteiger partial charge is 0.325 e. The number of furan rings is 1. The van der Waals surface area contributed by atoms with E-state index in [1.807, 2.05) is 0 Å². The summed E-state index contributed by atoms with van der Waals surface area (Å²) in [5.41, 5.74) is 0.932. The fourth-order valence-corrected chi connectivity index (χ4v) is 4.18. The molecule has 0 aliphatic carbocycles. The number of hydrogen-bond acceptors (Lipinski definition) is 6. The van der Waals surface area contributed by atoms with E-state index in [9.17, 15) is 18.8 Å². The van der Waals surface area contributed by atoms with E-state index in [1.165, 1.54) is 30.5 Å². The summed E-state index contributed by atoms with van der Waals surface area (Å²) in [6.07, 6.45) is 1.45. The number of anilines is 2.